The zero-order chi connectivity index (χ0) is 13.5. The molecule has 0 spiro atoms. The quantitative estimate of drug-likeness (QED) is 0.440. The maximum absolute atomic E-state index is 11.0. The minimum Gasteiger partial charge on any atom is -0.364 e. The number of aromatic nitrogens is 2. The number of nitrogens with zero attached hydrogens (tertiary/aromatic N) is 3. The lowest BCUT2D eigenvalue weighted by Gasteiger charge is -2.09. The first-order valence-corrected chi connectivity index (χ1v) is 6.04. The first-order chi connectivity index (χ1) is 8.60. The van der Waals surface area contributed by atoms with Gasteiger partial charge in [-0.2, -0.15) is 4.98 Å². The van der Waals surface area contributed by atoms with Crippen molar-refractivity contribution in [1.29, 1.82) is 0 Å². The van der Waals surface area contributed by atoms with Crippen LogP contribution < -0.4 is 10.6 Å². The summed E-state index contributed by atoms with van der Waals surface area (Å²) in [6, 6.07) is 0. The summed E-state index contributed by atoms with van der Waals surface area (Å²) in [4.78, 5) is 18.7. The third kappa shape index (κ3) is 3.54. The summed E-state index contributed by atoms with van der Waals surface area (Å²) < 4.78 is 0. The summed E-state index contributed by atoms with van der Waals surface area (Å²) in [7, 11) is 1.68. The van der Waals surface area contributed by atoms with Crippen molar-refractivity contribution in [3.8, 4) is 0 Å². The molecule has 1 heterocycles. The van der Waals surface area contributed by atoms with Crippen molar-refractivity contribution in [2.45, 2.75) is 33.1 Å². The molecule has 2 N–H and O–H groups in total. The number of nitro groups is 1. The zero-order valence-corrected chi connectivity index (χ0v) is 11.0. The number of anilines is 2. The predicted molar refractivity (Wildman–Crippen MR) is 71.0 cm³/mol. The van der Waals surface area contributed by atoms with E-state index in [-0.39, 0.29) is 11.5 Å². The topological polar surface area (TPSA) is 93.0 Å². The van der Waals surface area contributed by atoms with Gasteiger partial charge in [-0.15, -0.1) is 0 Å². The van der Waals surface area contributed by atoms with Crippen LogP contribution in [0.25, 0.3) is 0 Å². The Morgan fingerprint density at radius 2 is 2.06 bits per heavy atom. The van der Waals surface area contributed by atoms with Crippen molar-refractivity contribution in [2.75, 3.05) is 24.2 Å². The highest BCUT2D eigenvalue weighted by molar-refractivity contribution is 5.60. The number of hydrogen-bond acceptors (Lipinski definition) is 6. The lowest BCUT2D eigenvalue weighted by molar-refractivity contribution is -0.385. The Morgan fingerprint density at radius 3 is 2.61 bits per heavy atom. The molecule has 0 radical (unpaired) electrons. The summed E-state index contributed by atoms with van der Waals surface area (Å²) in [5.41, 5.74) is 0.308. The molecule has 0 saturated heterocycles. The van der Waals surface area contributed by atoms with Crippen LogP contribution in [0.3, 0.4) is 0 Å². The molecule has 0 aliphatic heterocycles. The van der Waals surface area contributed by atoms with Crippen molar-refractivity contribution in [3.63, 3.8) is 0 Å². The minimum absolute atomic E-state index is 0.0505. The Balaban J connectivity index is 2.91. The maximum atomic E-state index is 11.0. The third-order valence-electron chi connectivity index (χ3n) is 2.54. The van der Waals surface area contributed by atoms with E-state index in [0.29, 0.717) is 18.2 Å². The van der Waals surface area contributed by atoms with Crippen LogP contribution in [0.2, 0.25) is 0 Å². The van der Waals surface area contributed by atoms with Crippen molar-refractivity contribution >= 4 is 17.5 Å². The lowest BCUT2D eigenvalue weighted by atomic mass is 10.2. The molecule has 0 unspecified atom stereocenters. The molecule has 0 atom stereocenters. The molecule has 7 heteroatoms. The Kier molecular flexibility index (Phi) is 5.29. The van der Waals surface area contributed by atoms with Crippen molar-refractivity contribution in [3.05, 3.63) is 15.8 Å². The monoisotopic (exact) mass is 253 g/mol. The van der Waals surface area contributed by atoms with Crippen LogP contribution >= 0.6 is 0 Å². The van der Waals surface area contributed by atoms with Gasteiger partial charge < -0.3 is 10.6 Å². The highest BCUT2D eigenvalue weighted by atomic mass is 16.6. The van der Waals surface area contributed by atoms with Crippen LogP contribution in [0, 0.1) is 17.0 Å². The van der Waals surface area contributed by atoms with Gasteiger partial charge in [0.25, 0.3) is 0 Å². The SMILES string of the molecule is CCCCCNc1nc(NC)nc(C)c1[N+](=O)[O-]. The molecule has 18 heavy (non-hydrogen) atoms. The van der Waals surface area contributed by atoms with Gasteiger partial charge in [0.2, 0.25) is 11.8 Å². The molecule has 1 aromatic heterocycles. The highest BCUT2D eigenvalue weighted by Gasteiger charge is 2.21. The molecular weight excluding hydrogens is 234 g/mol. The van der Waals surface area contributed by atoms with Gasteiger partial charge in [-0.1, -0.05) is 19.8 Å². The fourth-order valence-corrected chi connectivity index (χ4v) is 1.60. The maximum Gasteiger partial charge on any atom is 0.332 e. The lowest BCUT2D eigenvalue weighted by Crippen LogP contribution is -2.10. The highest BCUT2D eigenvalue weighted by Crippen LogP contribution is 2.26. The van der Waals surface area contributed by atoms with Crippen molar-refractivity contribution in [1.82, 2.24) is 9.97 Å². The Morgan fingerprint density at radius 1 is 1.33 bits per heavy atom. The van der Waals surface area contributed by atoms with Gasteiger partial charge in [-0.05, 0) is 13.3 Å². The summed E-state index contributed by atoms with van der Waals surface area (Å²) in [6.45, 7) is 4.39. The summed E-state index contributed by atoms with van der Waals surface area (Å²) >= 11 is 0. The van der Waals surface area contributed by atoms with Crippen LogP contribution in [0.15, 0.2) is 0 Å². The van der Waals surface area contributed by atoms with Crippen molar-refractivity contribution < 1.29 is 4.92 Å². The molecule has 0 aromatic carbocycles. The van der Waals surface area contributed by atoms with E-state index in [1.807, 2.05) is 0 Å². The summed E-state index contributed by atoms with van der Waals surface area (Å²) in [5, 5.41) is 16.8. The molecule has 0 bridgehead atoms. The van der Waals surface area contributed by atoms with Gasteiger partial charge in [0.1, 0.15) is 5.69 Å². The van der Waals surface area contributed by atoms with Gasteiger partial charge in [0, 0.05) is 13.6 Å². The third-order valence-corrected chi connectivity index (χ3v) is 2.54. The first-order valence-electron chi connectivity index (χ1n) is 6.04. The summed E-state index contributed by atoms with van der Waals surface area (Å²) in [6.07, 6.45) is 3.16. The zero-order valence-electron chi connectivity index (χ0n) is 11.0. The van der Waals surface area contributed by atoms with E-state index in [1.54, 1.807) is 14.0 Å². The molecule has 0 saturated carbocycles. The Labute approximate surface area is 106 Å². The second kappa shape index (κ2) is 6.73. The number of rotatable bonds is 7. The minimum atomic E-state index is -0.447. The Bertz CT molecular complexity index is 422. The van der Waals surface area contributed by atoms with E-state index in [4.69, 9.17) is 0 Å². The second-order valence-electron chi connectivity index (χ2n) is 3.97. The standard InChI is InChI=1S/C11H19N5O2/c1-4-5-6-7-13-10-9(16(17)18)8(2)14-11(12-3)15-10/h4-7H2,1-3H3,(H2,12,13,14,15). The largest absolute Gasteiger partial charge is 0.364 e. The van der Waals surface area contributed by atoms with E-state index < -0.39 is 4.92 Å². The van der Waals surface area contributed by atoms with E-state index in [2.05, 4.69) is 27.5 Å². The molecule has 0 fully saturated rings. The van der Waals surface area contributed by atoms with Crippen LogP contribution in [0.1, 0.15) is 31.9 Å². The van der Waals surface area contributed by atoms with Gasteiger partial charge in [-0.3, -0.25) is 10.1 Å². The predicted octanol–water partition coefficient (Wildman–Crippen LogP) is 2.34. The first kappa shape index (κ1) is 14.1. The van der Waals surface area contributed by atoms with Crippen LogP contribution in [0.5, 0.6) is 0 Å². The average Bonchev–Trinajstić information content (AvgIpc) is 2.33. The van der Waals surface area contributed by atoms with Gasteiger partial charge in [0.05, 0.1) is 4.92 Å². The molecular formula is C11H19N5O2. The van der Waals surface area contributed by atoms with Gasteiger partial charge >= 0.3 is 5.69 Å². The van der Waals surface area contributed by atoms with E-state index >= 15 is 0 Å². The van der Waals surface area contributed by atoms with Crippen LogP contribution in [-0.2, 0) is 0 Å². The number of aryl methyl sites for hydroxylation is 1. The molecule has 0 aliphatic carbocycles. The van der Waals surface area contributed by atoms with Gasteiger partial charge in [-0.25, -0.2) is 4.98 Å². The van der Waals surface area contributed by atoms with Crippen LogP contribution in [-0.4, -0.2) is 28.5 Å². The normalized spacial score (nSPS) is 10.2. The fraction of sp³-hybridized carbons (Fsp3) is 0.636. The Hall–Kier alpha value is -1.92. The van der Waals surface area contributed by atoms with E-state index in [0.717, 1.165) is 19.3 Å². The van der Waals surface area contributed by atoms with Crippen LogP contribution in [0.4, 0.5) is 17.5 Å². The number of unbranched alkanes of at least 4 members (excludes halogenated alkanes) is 2. The molecule has 1 rings (SSSR count). The summed E-state index contributed by atoms with van der Waals surface area (Å²) in [5.74, 6) is 0.670. The smallest absolute Gasteiger partial charge is 0.332 e. The van der Waals surface area contributed by atoms with Crippen molar-refractivity contribution in [2.24, 2.45) is 0 Å². The average molecular weight is 253 g/mol. The molecule has 100 valence electrons. The molecule has 1 aromatic rings. The molecule has 0 amide bonds. The second-order valence-corrected chi connectivity index (χ2v) is 3.97. The van der Waals surface area contributed by atoms with E-state index in [1.165, 1.54) is 0 Å². The van der Waals surface area contributed by atoms with Gasteiger partial charge in [0.15, 0.2) is 0 Å². The number of nitrogens with one attached hydrogen (secondary N) is 2. The molecule has 7 nitrogen and oxygen atoms in total. The number of hydrogen-bond donors (Lipinski definition) is 2. The van der Waals surface area contributed by atoms with E-state index in [9.17, 15) is 10.1 Å². The fourth-order valence-electron chi connectivity index (χ4n) is 1.60. The molecule has 0 aliphatic rings.